The van der Waals surface area contributed by atoms with Crippen molar-refractivity contribution in [3.8, 4) is 5.75 Å². The Bertz CT molecular complexity index is 1040. The molecule has 6 nitrogen and oxygen atoms in total. The molecule has 130 valence electrons. The summed E-state index contributed by atoms with van der Waals surface area (Å²) < 4.78 is 30.0. The lowest BCUT2D eigenvalue weighted by Gasteiger charge is -2.05. The summed E-state index contributed by atoms with van der Waals surface area (Å²) in [5, 5.41) is 3.16. The maximum atomic E-state index is 12.4. The smallest absolute Gasteiger partial charge is 0.257 e. The third-order valence-electron chi connectivity index (χ3n) is 3.65. The van der Waals surface area contributed by atoms with E-state index in [4.69, 9.17) is 4.74 Å². The van der Waals surface area contributed by atoms with E-state index in [1.807, 2.05) is 12.1 Å². The third kappa shape index (κ3) is 3.64. The van der Waals surface area contributed by atoms with Crippen molar-refractivity contribution in [2.75, 3.05) is 18.2 Å². The highest BCUT2D eigenvalue weighted by Crippen LogP contribution is 2.29. The summed E-state index contributed by atoms with van der Waals surface area (Å²) >= 11 is 1.32. The number of hydrogen-bond donors (Lipinski definition) is 1. The van der Waals surface area contributed by atoms with Crippen LogP contribution in [0.4, 0.5) is 5.13 Å². The molecule has 3 aromatic rings. The summed E-state index contributed by atoms with van der Waals surface area (Å²) in [6.45, 7) is 1.57. The van der Waals surface area contributed by atoms with Crippen LogP contribution < -0.4 is 10.1 Å². The predicted octanol–water partition coefficient (Wildman–Crippen LogP) is 3.35. The van der Waals surface area contributed by atoms with Crippen molar-refractivity contribution in [1.82, 2.24) is 4.98 Å². The highest BCUT2D eigenvalue weighted by Gasteiger charge is 2.15. The number of nitrogens with zero attached hydrogens (tertiary/aromatic N) is 1. The zero-order valence-corrected chi connectivity index (χ0v) is 15.3. The largest absolute Gasteiger partial charge is 0.497 e. The van der Waals surface area contributed by atoms with E-state index in [-0.39, 0.29) is 16.2 Å². The first kappa shape index (κ1) is 17.4. The number of amides is 1. The number of hydrogen-bond acceptors (Lipinski definition) is 6. The predicted molar refractivity (Wildman–Crippen MR) is 98.3 cm³/mol. The van der Waals surface area contributed by atoms with Gasteiger partial charge in [-0.3, -0.25) is 10.1 Å². The van der Waals surface area contributed by atoms with Crippen LogP contribution in [-0.4, -0.2) is 32.2 Å². The van der Waals surface area contributed by atoms with E-state index in [1.54, 1.807) is 32.2 Å². The number of sulfone groups is 1. The molecular formula is C17H16N2O4S2. The van der Waals surface area contributed by atoms with Crippen molar-refractivity contribution in [2.24, 2.45) is 0 Å². The molecular weight excluding hydrogens is 360 g/mol. The number of anilines is 1. The fourth-order valence-corrected chi connectivity index (χ4v) is 4.07. The van der Waals surface area contributed by atoms with Crippen LogP contribution in [0.3, 0.4) is 0 Å². The molecule has 1 aromatic heterocycles. The van der Waals surface area contributed by atoms with Gasteiger partial charge in [-0.15, -0.1) is 0 Å². The Hall–Kier alpha value is -2.45. The Balaban J connectivity index is 1.86. The highest BCUT2D eigenvalue weighted by molar-refractivity contribution is 7.91. The highest BCUT2D eigenvalue weighted by atomic mass is 32.2. The van der Waals surface area contributed by atoms with Gasteiger partial charge in [0.2, 0.25) is 0 Å². The number of thiazole rings is 1. The van der Waals surface area contributed by atoms with Gasteiger partial charge in [-0.2, -0.15) is 0 Å². The molecule has 2 aromatic carbocycles. The summed E-state index contributed by atoms with van der Waals surface area (Å²) in [5.41, 5.74) is 1.02. The molecule has 1 heterocycles. The van der Waals surface area contributed by atoms with Gasteiger partial charge in [-0.05, 0) is 36.4 Å². The summed E-state index contributed by atoms with van der Waals surface area (Å²) in [7, 11) is -1.78. The molecule has 0 bridgehead atoms. The normalized spacial score (nSPS) is 11.4. The fourth-order valence-electron chi connectivity index (χ4n) is 2.25. The first-order valence-corrected chi connectivity index (χ1v) is 9.98. The number of carbonyl (C=O) groups is 1. The van der Waals surface area contributed by atoms with Crippen LogP contribution in [0.2, 0.25) is 0 Å². The summed E-state index contributed by atoms with van der Waals surface area (Å²) in [5.74, 6) is 0.295. The summed E-state index contributed by atoms with van der Waals surface area (Å²) in [4.78, 5) is 16.9. The topological polar surface area (TPSA) is 85.4 Å². The van der Waals surface area contributed by atoms with Crippen molar-refractivity contribution in [3.63, 3.8) is 0 Å². The Labute approximate surface area is 149 Å². The van der Waals surface area contributed by atoms with Gasteiger partial charge >= 0.3 is 0 Å². The van der Waals surface area contributed by atoms with E-state index in [2.05, 4.69) is 10.3 Å². The van der Waals surface area contributed by atoms with Crippen molar-refractivity contribution in [2.45, 2.75) is 11.8 Å². The number of carbonyl (C=O) groups excluding carboxylic acids is 1. The molecule has 0 aliphatic carbocycles. The number of aromatic nitrogens is 1. The van der Waals surface area contributed by atoms with Gasteiger partial charge in [-0.1, -0.05) is 24.3 Å². The molecule has 0 saturated carbocycles. The Morgan fingerprint density at radius 3 is 2.76 bits per heavy atom. The van der Waals surface area contributed by atoms with Crippen LogP contribution in [0, 0.1) is 0 Å². The second-order valence-electron chi connectivity index (χ2n) is 5.24. The first-order valence-electron chi connectivity index (χ1n) is 7.51. The minimum Gasteiger partial charge on any atom is -0.497 e. The summed E-state index contributed by atoms with van der Waals surface area (Å²) in [6, 6.07) is 11.4. The number of fused-ring (bicyclic) bond motifs is 1. The van der Waals surface area contributed by atoms with Crippen LogP contribution >= 0.6 is 11.3 Å². The molecule has 1 N–H and O–H groups in total. The lowest BCUT2D eigenvalue weighted by atomic mass is 10.2. The summed E-state index contributed by atoms with van der Waals surface area (Å²) in [6.07, 6.45) is 0. The van der Waals surface area contributed by atoms with Crippen LogP contribution in [0.15, 0.2) is 47.4 Å². The van der Waals surface area contributed by atoms with E-state index in [0.29, 0.717) is 10.9 Å². The van der Waals surface area contributed by atoms with Crippen LogP contribution in [0.5, 0.6) is 5.75 Å². The molecule has 0 atom stereocenters. The van der Waals surface area contributed by atoms with Crippen molar-refractivity contribution in [1.29, 1.82) is 0 Å². The van der Waals surface area contributed by atoms with Gasteiger partial charge in [0.25, 0.3) is 5.91 Å². The minimum atomic E-state index is -3.36. The van der Waals surface area contributed by atoms with Crippen molar-refractivity contribution < 1.29 is 17.9 Å². The second-order valence-corrected chi connectivity index (χ2v) is 8.55. The third-order valence-corrected chi connectivity index (χ3v) is 6.32. The molecule has 25 heavy (non-hydrogen) atoms. The van der Waals surface area contributed by atoms with Gasteiger partial charge in [0, 0.05) is 5.56 Å². The Morgan fingerprint density at radius 1 is 1.24 bits per heavy atom. The average Bonchev–Trinajstić information content (AvgIpc) is 3.02. The number of rotatable bonds is 5. The van der Waals surface area contributed by atoms with Gasteiger partial charge < -0.3 is 4.74 Å². The lowest BCUT2D eigenvalue weighted by molar-refractivity contribution is 0.102. The molecule has 0 aliphatic heterocycles. The molecule has 0 radical (unpaired) electrons. The minimum absolute atomic E-state index is 0.0161. The number of methoxy groups -OCH3 is 1. The second kappa shape index (κ2) is 6.81. The van der Waals surface area contributed by atoms with Gasteiger partial charge in [-0.25, -0.2) is 13.4 Å². The Morgan fingerprint density at radius 2 is 2.04 bits per heavy atom. The standard InChI is InChI=1S/C17H16N2O4S2/c1-3-25(21,22)13-6-4-5-11(9-13)16(20)19-17-18-14-8-7-12(23-2)10-15(14)24-17/h4-10H,3H2,1-2H3,(H,18,19,20). The zero-order chi connectivity index (χ0) is 18.0. The Kier molecular flexibility index (Phi) is 4.73. The van der Waals surface area contributed by atoms with Gasteiger partial charge in [0.05, 0.1) is 28.0 Å². The van der Waals surface area contributed by atoms with Gasteiger partial charge in [0.1, 0.15) is 5.75 Å². The molecule has 1 amide bonds. The fraction of sp³-hybridized carbons (Fsp3) is 0.176. The van der Waals surface area contributed by atoms with E-state index >= 15 is 0 Å². The molecule has 0 saturated heterocycles. The molecule has 8 heteroatoms. The maximum absolute atomic E-state index is 12.4. The van der Waals surface area contributed by atoms with Crippen LogP contribution in [0.25, 0.3) is 10.2 Å². The molecule has 0 unspecified atom stereocenters. The SMILES string of the molecule is CCS(=O)(=O)c1cccc(C(=O)Nc2nc3ccc(OC)cc3s2)c1. The average molecular weight is 376 g/mol. The number of nitrogens with one attached hydrogen (secondary N) is 1. The number of benzene rings is 2. The molecule has 0 aliphatic rings. The van der Waals surface area contributed by atoms with Crippen molar-refractivity contribution in [3.05, 3.63) is 48.0 Å². The molecule has 0 spiro atoms. The van der Waals surface area contributed by atoms with E-state index in [1.165, 1.54) is 23.5 Å². The van der Waals surface area contributed by atoms with Crippen molar-refractivity contribution >= 4 is 42.4 Å². The quantitative estimate of drug-likeness (QED) is 0.738. The maximum Gasteiger partial charge on any atom is 0.257 e. The number of ether oxygens (including phenoxy) is 1. The van der Waals surface area contributed by atoms with Crippen LogP contribution in [0.1, 0.15) is 17.3 Å². The zero-order valence-electron chi connectivity index (χ0n) is 13.6. The monoisotopic (exact) mass is 376 g/mol. The van der Waals surface area contributed by atoms with E-state index in [9.17, 15) is 13.2 Å². The molecule has 0 fully saturated rings. The molecule has 3 rings (SSSR count). The van der Waals surface area contributed by atoms with Crippen LogP contribution in [-0.2, 0) is 9.84 Å². The van der Waals surface area contributed by atoms with Gasteiger partial charge in [0.15, 0.2) is 15.0 Å². The lowest BCUT2D eigenvalue weighted by Crippen LogP contribution is -2.13. The first-order chi connectivity index (χ1) is 11.9. The van der Waals surface area contributed by atoms with E-state index < -0.39 is 15.7 Å². The van der Waals surface area contributed by atoms with E-state index in [0.717, 1.165) is 10.2 Å².